The van der Waals surface area contributed by atoms with Gasteiger partial charge >= 0.3 is 6.61 Å². The largest absolute Gasteiger partial charge is 0.433 e. The molecule has 0 spiro atoms. The third-order valence-electron chi connectivity index (χ3n) is 5.99. The number of ether oxygens (including phenoxy) is 2. The summed E-state index contributed by atoms with van der Waals surface area (Å²) in [5, 5.41) is 0. The molecule has 1 aliphatic rings. The Morgan fingerprint density at radius 1 is 1.31 bits per heavy atom. The van der Waals surface area contributed by atoms with Gasteiger partial charge in [0, 0.05) is 11.1 Å². The Bertz CT molecular complexity index is 1320. The molecule has 0 amide bonds. The fraction of sp³-hybridized carbons (Fsp3) is 0.385. The molecule has 1 atom stereocenters. The third-order valence-corrected chi connectivity index (χ3v) is 5.99. The van der Waals surface area contributed by atoms with Crippen molar-refractivity contribution in [1.82, 2.24) is 14.5 Å². The molecule has 2 heterocycles. The monoisotopic (exact) mass is 485 g/mol. The highest BCUT2D eigenvalue weighted by molar-refractivity contribution is 5.88. The van der Waals surface area contributed by atoms with Crippen LogP contribution in [-0.4, -0.2) is 54.7 Å². The molecule has 1 aromatic heterocycles. The van der Waals surface area contributed by atoms with Gasteiger partial charge in [-0.25, -0.2) is 9.37 Å². The van der Waals surface area contributed by atoms with Gasteiger partial charge in [-0.2, -0.15) is 8.78 Å². The van der Waals surface area contributed by atoms with Crippen LogP contribution in [0.2, 0.25) is 0 Å². The number of aromatic nitrogens is 2. The van der Waals surface area contributed by atoms with E-state index in [4.69, 9.17) is 9.47 Å². The van der Waals surface area contributed by atoms with Crippen molar-refractivity contribution >= 4 is 17.3 Å². The molecule has 184 valence electrons. The normalized spacial score (nSPS) is 15.6. The van der Waals surface area contributed by atoms with Crippen LogP contribution in [0.15, 0.2) is 30.3 Å². The minimum atomic E-state index is -3.12. The van der Waals surface area contributed by atoms with Crippen molar-refractivity contribution in [2.75, 3.05) is 27.3 Å². The number of halogens is 3. The number of hydrogen-bond acceptors (Lipinski definition) is 5. The maximum Gasteiger partial charge on any atom is 0.387 e. The minimum Gasteiger partial charge on any atom is -0.433 e. The topological polar surface area (TPSA) is 56.6 Å². The van der Waals surface area contributed by atoms with Crippen LogP contribution >= 0.6 is 0 Å². The van der Waals surface area contributed by atoms with Crippen molar-refractivity contribution in [3.63, 3.8) is 0 Å². The number of carbonyl (C=O) groups excluding carboxylic acids is 1. The first-order valence-corrected chi connectivity index (χ1v) is 11.2. The molecule has 0 N–H and O–H groups in total. The summed E-state index contributed by atoms with van der Waals surface area (Å²) in [6.45, 7) is 1.76. The fourth-order valence-corrected chi connectivity index (χ4v) is 4.23. The average Bonchev–Trinajstić information content (AvgIpc) is 3.15. The van der Waals surface area contributed by atoms with Crippen LogP contribution in [0.5, 0.6) is 5.75 Å². The lowest BCUT2D eigenvalue weighted by atomic mass is 9.89. The second-order valence-corrected chi connectivity index (χ2v) is 9.01. The molecule has 1 aliphatic heterocycles. The molecule has 0 aliphatic carbocycles. The number of aldehydes is 1. The Balaban J connectivity index is 2.05. The van der Waals surface area contributed by atoms with Crippen molar-refractivity contribution in [3.05, 3.63) is 53.1 Å². The van der Waals surface area contributed by atoms with Crippen LogP contribution in [-0.2, 0) is 4.74 Å². The van der Waals surface area contributed by atoms with E-state index in [2.05, 4.69) is 16.8 Å². The van der Waals surface area contributed by atoms with E-state index in [0.717, 1.165) is 0 Å². The number of rotatable bonds is 7. The second kappa shape index (κ2) is 9.72. The number of carbonyl (C=O) groups is 1. The quantitative estimate of drug-likeness (QED) is 0.349. The summed E-state index contributed by atoms with van der Waals surface area (Å²) in [7, 11) is 3.68. The van der Waals surface area contributed by atoms with E-state index in [9.17, 15) is 13.6 Å². The predicted octanol–water partition coefficient (Wildman–Crippen LogP) is 4.98. The number of imidazole rings is 1. The van der Waals surface area contributed by atoms with Crippen molar-refractivity contribution in [2.45, 2.75) is 32.9 Å². The first-order chi connectivity index (χ1) is 16.7. The highest BCUT2D eigenvalue weighted by atomic mass is 19.3. The number of nitrogens with zero attached hydrogens (tertiary/aromatic N) is 3. The maximum absolute atomic E-state index is 15.3. The SMILES string of the molecule is CCC(c1nc2c(F)cc(C#CC3(C)COC3)cc2n1-c1c(C=O)cccc1OC(F)F)N(C)C. The summed E-state index contributed by atoms with van der Waals surface area (Å²) >= 11 is 0. The van der Waals surface area contributed by atoms with E-state index in [0.29, 0.717) is 42.8 Å². The van der Waals surface area contributed by atoms with Gasteiger partial charge < -0.3 is 9.47 Å². The Labute approximate surface area is 201 Å². The van der Waals surface area contributed by atoms with Gasteiger partial charge in [0.2, 0.25) is 0 Å². The van der Waals surface area contributed by atoms with E-state index >= 15 is 4.39 Å². The Kier molecular flexibility index (Phi) is 6.88. The molecule has 9 heteroatoms. The Morgan fingerprint density at radius 3 is 2.63 bits per heavy atom. The van der Waals surface area contributed by atoms with Crippen molar-refractivity contribution in [3.8, 4) is 23.3 Å². The average molecular weight is 486 g/mol. The number of hydrogen-bond donors (Lipinski definition) is 0. The lowest BCUT2D eigenvalue weighted by Gasteiger charge is -2.32. The summed E-state index contributed by atoms with van der Waals surface area (Å²) in [6, 6.07) is 6.94. The van der Waals surface area contributed by atoms with Gasteiger partial charge in [0.05, 0.1) is 30.2 Å². The fourth-order valence-electron chi connectivity index (χ4n) is 4.23. The van der Waals surface area contributed by atoms with Gasteiger partial charge in [-0.1, -0.05) is 24.8 Å². The summed E-state index contributed by atoms with van der Waals surface area (Å²) in [5.41, 5.74) is 0.615. The van der Waals surface area contributed by atoms with Crippen LogP contribution in [0.25, 0.3) is 16.7 Å². The summed E-state index contributed by atoms with van der Waals surface area (Å²) < 4.78 is 53.5. The van der Waals surface area contributed by atoms with Crippen LogP contribution in [0.1, 0.15) is 48.1 Å². The zero-order valence-electron chi connectivity index (χ0n) is 19.9. The third kappa shape index (κ3) is 4.77. The number of fused-ring (bicyclic) bond motifs is 1. The van der Waals surface area contributed by atoms with E-state index in [1.165, 1.54) is 28.8 Å². The molecule has 0 saturated carbocycles. The van der Waals surface area contributed by atoms with E-state index < -0.39 is 12.4 Å². The number of alkyl halides is 2. The molecular formula is C26H26F3N3O3. The Hall–Kier alpha value is -3.35. The maximum atomic E-state index is 15.3. The highest BCUT2D eigenvalue weighted by Crippen LogP contribution is 2.36. The molecular weight excluding hydrogens is 459 g/mol. The van der Waals surface area contributed by atoms with Crippen LogP contribution in [0, 0.1) is 23.1 Å². The van der Waals surface area contributed by atoms with E-state index in [1.807, 2.05) is 32.8 Å². The summed E-state index contributed by atoms with van der Waals surface area (Å²) in [4.78, 5) is 18.4. The zero-order valence-corrected chi connectivity index (χ0v) is 19.9. The summed E-state index contributed by atoms with van der Waals surface area (Å²) in [6.07, 6.45) is 1.15. The van der Waals surface area contributed by atoms with Gasteiger partial charge in [0.15, 0.2) is 17.9 Å². The van der Waals surface area contributed by atoms with Crippen molar-refractivity contribution < 1.29 is 27.4 Å². The molecule has 1 unspecified atom stereocenters. The van der Waals surface area contributed by atoms with Gasteiger partial charge in [-0.3, -0.25) is 14.3 Å². The smallest absolute Gasteiger partial charge is 0.387 e. The molecule has 6 nitrogen and oxygen atoms in total. The van der Waals surface area contributed by atoms with E-state index in [1.54, 1.807) is 6.07 Å². The van der Waals surface area contributed by atoms with E-state index in [-0.39, 0.29) is 34.0 Å². The van der Waals surface area contributed by atoms with Gasteiger partial charge in [-0.15, -0.1) is 0 Å². The Morgan fingerprint density at radius 2 is 2.06 bits per heavy atom. The number of benzene rings is 2. The predicted molar refractivity (Wildman–Crippen MR) is 126 cm³/mol. The molecule has 0 bridgehead atoms. The van der Waals surface area contributed by atoms with Crippen LogP contribution < -0.4 is 4.74 Å². The molecule has 1 fully saturated rings. The molecule has 2 aromatic carbocycles. The number of para-hydroxylation sites is 1. The molecule has 3 aromatic rings. The van der Waals surface area contributed by atoms with Gasteiger partial charge in [0.25, 0.3) is 0 Å². The zero-order chi connectivity index (χ0) is 25.3. The first kappa shape index (κ1) is 24.8. The van der Waals surface area contributed by atoms with Crippen molar-refractivity contribution in [1.29, 1.82) is 0 Å². The highest BCUT2D eigenvalue weighted by Gasteiger charge is 2.31. The molecule has 35 heavy (non-hydrogen) atoms. The second-order valence-electron chi connectivity index (χ2n) is 9.01. The lowest BCUT2D eigenvalue weighted by molar-refractivity contribution is -0.0648. The summed E-state index contributed by atoms with van der Waals surface area (Å²) in [5.74, 6) is 5.71. The van der Waals surface area contributed by atoms with Gasteiger partial charge in [-0.05, 0) is 51.7 Å². The molecule has 0 radical (unpaired) electrons. The molecule has 1 saturated heterocycles. The van der Waals surface area contributed by atoms with Gasteiger partial charge in [0.1, 0.15) is 17.0 Å². The first-order valence-electron chi connectivity index (χ1n) is 11.2. The molecule has 4 rings (SSSR count). The lowest BCUT2D eigenvalue weighted by Crippen LogP contribution is -2.38. The van der Waals surface area contributed by atoms with Crippen LogP contribution in [0.3, 0.4) is 0 Å². The standard InChI is InChI=1S/C26H26F3N3O3/c1-5-19(31(3)4)24-30-22-18(27)11-16(9-10-26(2)14-34-15-26)12-20(22)32(24)23-17(13-33)7-6-8-21(23)35-25(28)29/h6-8,11-13,19,25H,5,14-15H2,1-4H3. The van der Waals surface area contributed by atoms with Crippen LogP contribution in [0.4, 0.5) is 13.2 Å². The minimum absolute atomic E-state index is 0.0488. The van der Waals surface area contributed by atoms with Crippen molar-refractivity contribution in [2.24, 2.45) is 5.41 Å².